The molecule has 2 heterocycles. The normalized spacial score (nSPS) is 16.5. The van der Waals surface area contributed by atoms with Crippen molar-refractivity contribution in [2.45, 2.75) is 32.1 Å². The third-order valence-corrected chi connectivity index (χ3v) is 3.81. The van der Waals surface area contributed by atoms with Gasteiger partial charge in [-0.15, -0.1) is 28.3 Å². The number of ketones is 1. The van der Waals surface area contributed by atoms with Gasteiger partial charge in [-0.25, -0.2) is 4.98 Å². The molecule has 0 bridgehead atoms. The number of thiazole rings is 1. The van der Waals surface area contributed by atoms with Crippen molar-refractivity contribution in [1.82, 2.24) is 9.88 Å². The number of likely N-dealkylation sites (tertiary alicyclic amines) is 1. The zero-order valence-electron chi connectivity index (χ0n) is 9.93. The molecule has 1 aliphatic rings. The second-order valence-corrected chi connectivity index (χ2v) is 5.16. The van der Waals surface area contributed by atoms with E-state index in [2.05, 4.69) is 9.88 Å². The van der Waals surface area contributed by atoms with E-state index in [-0.39, 0.29) is 22.8 Å². The Labute approximate surface area is 117 Å². The highest BCUT2D eigenvalue weighted by Crippen LogP contribution is 2.12. The summed E-state index contributed by atoms with van der Waals surface area (Å²) in [5.74, 6) is 0.201. The lowest BCUT2D eigenvalue weighted by Gasteiger charge is -2.26. The van der Waals surface area contributed by atoms with Gasteiger partial charge in [0.25, 0.3) is 0 Å². The minimum Gasteiger partial charge on any atom is -0.303 e. The summed E-state index contributed by atoms with van der Waals surface area (Å²) in [7, 11) is 0. The number of nitrogens with zero attached hydrogens (tertiary/aromatic N) is 2. The third kappa shape index (κ3) is 4.85. The van der Waals surface area contributed by atoms with Crippen LogP contribution < -0.4 is 0 Å². The predicted molar refractivity (Wildman–Crippen MR) is 76.3 cm³/mol. The standard InChI is InChI=1S/C12H18N2OS.BrH/c15-11(12-13-6-10-16-12)5-4-9-14-7-2-1-3-8-14;/h6,10H,1-5,7-9H2;1H. The van der Waals surface area contributed by atoms with Crippen LogP contribution in [0.2, 0.25) is 0 Å². The zero-order valence-corrected chi connectivity index (χ0v) is 12.5. The average Bonchev–Trinajstić information content (AvgIpc) is 2.84. The molecule has 1 aliphatic heterocycles. The predicted octanol–water partition coefficient (Wildman–Crippen LogP) is 3.17. The number of piperidine rings is 1. The van der Waals surface area contributed by atoms with Gasteiger partial charge in [-0.05, 0) is 38.9 Å². The van der Waals surface area contributed by atoms with Crippen LogP contribution in [0.5, 0.6) is 0 Å². The number of Topliss-reactive ketones (excluding diaryl/α,β-unsaturated/α-hetero) is 1. The molecule has 0 N–H and O–H groups in total. The van der Waals surface area contributed by atoms with Crippen molar-refractivity contribution in [3.8, 4) is 0 Å². The van der Waals surface area contributed by atoms with Gasteiger partial charge in [-0.3, -0.25) is 4.79 Å². The summed E-state index contributed by atoms with van der Waals surface area (Å²) < 4.78 is 0. The first-order valence-corrected chi connectivity index (χ1v) is 6.89. The topological polar surface area (TPSA) is 33.2 Å². The first-order chi connectivity index (χ1) is 7.86. The van der Waals surface area contributed by atoms with Crippen LogP contribution in [0.1, 0.15) is 41.9 Å². The maximum Gasteiger partial charge on any atom is 0.191 e. The molecule has 0 amide bonds. The van der Waals surface area contributed by atoms with Crippen LogP contribution in [-0.4, -0.2) is 35.3 Å². The summed E-state index contributed by atoms with van der Waals surface area (Å²) >= 11 is 1.44. The molecule has 5 heteroatoms. The fraction of sp³-hybridized carbons (Fsp3) is 0.667. The molecular weight excluding hydrogens is 300 g/mol. The van der Waals surface area contributed by atoms with E-state index < -0.39 is 0 Å². The van der Waals surface area contributed by atoms with E-state index in [0.717, 1.165) is 13.0 Å². The molecule has 1 fully saturated rings. The molecule has 17 heavy (non-hydrogen) atoms. The maximum absolute atomic E-state index is 11.7. The zero-order chi connectivity index (χ0) is 11.2. The van der Waals surface area contributed by atoms with Crippen molar-refractivity contribution >= 4 is 34.1 Å². The summed E-state index contributed by atoms with van der Waals surface area (Å²) in [4.78, 5) is 18.2. The number of hydrogen-bond donors (Lipinski definition) is 0. The molecule has 0 unspecified atom stereocenters. The highest BCUT2D eigenvalue weighted by atomic mass is 79.9. The monoisotopic (exact) mass is 318 g/mol. The van der Waals surface area contributed by atoms with Crippen LogP contribution >= 0.6 is 28.3 Å². The molecule has 0 saturated carbocycles. The van der Waals surface area contributed by atoms with Gasteiger partial charge in [0.2, 0.25) is 0 Å². The van der Waals surface area contributed by atoms with Crippen molar-refractivity contribution in [1.29, 1.82) is 0 Å². The summed E-state index contributed by atoms with van der Waals surface area (Å²) in [6.07, 6.45) is 7.32. The van der Waals surface area contributed by atoms with Crippen molar-refractivity contribution in [2.75, 3.05) is 19.6 Å². The van der Waals surface area contributed by atoms with E-state index in [1.54, 1.807) is 6.20 Å². The van der Waals surface area contributed by atoms with E-state index in [1.807, 2.05) is 5.38 Å². The molecule has 1 aromatic heterocycles. The molecule has 0 aromatic carbocycles. The number of carbonyl (C=O) groups is 1. The smallest absolute Gasteiger partial charge is 0.191 e. The number of aromatic nitrogens is 1. The number of carbonyl (C=O) groups excluding carboxylic acids is 1. The van der Waals surface area contributed by atoms with Crippen LogP contribution in [0, 0.1) is 0 Å². The van der Waals surface area contributed by atoms with Crippen LogP contribution in [-0.2, 0) is 0 Å². The van der Waals surface area contributed by atoms with E-state index in [4.69, 9.17) is 0 Å². The summed E-state index contributed by atoms with van der Waals surface area (Å²) in [5.41, 5.74) is 0. The average molecular weight is 319 g/mol. The van der Waals surface area contributed by atoms with Gasteiger partial charge in [0, 0.05) is 18.0 Å². The molecule has 2 rings (SSSR count). The lowest BCUT2D eigenvalue weighted by Crippen LogP contribution is -2.30. The molecule has 0 spiro atoms. The number of halogens is 1. The van der Waals surface area contributed by atoms with E-state index in [1.165, 1.54) is 43.7 Å². The Hall–Kier alpha value is -0.260. The molecule has 3 nitrogen and oxygen atoms in total. The highest BCUT2D eigenvalue weighted by Gasteiger charge is 2.12. The SMILES string of the molecule is Br.O=C(CCCN1CCCCC1)c1nccs1. The Balaban J connectivity index is 0.00000144. The molecule has 1 saturated heterocycles. The summed E-state index contributed by atoms with van der Waals surface area (Å²) in [6, 6.07) is 0. The minimum atomic E-state index is 0. The van der Waals surface area contributed by atoms with Crippen molar-refractivity contribution < 1.29 is 4.79 Å². The van der Waals surface area contributed by atoms with E-state index in [0.29, 0.717) is 11.4 Å². The number of rotatable bonds is 5. The molecular formula is C12H19BrN2OS. The molecule has 1 aromatic rings. The van der Waals surface area contributed by atoms with Crippen LogP contribution in [0.3, 0.4) is 0 Å². The Kier molecular flexibility index (Phi) is 6.92. The summed E-state index contributed by atoms with van der Waals surface area (Å²) in [6.45, 7) is 3.49. The fourth-order valence-corrected chi connectivity index (χ4v) is 2.72. The van der Waals surface area contributed by atoms with E-state index in [9.17, 15) is 4.79 Å². The lowest BCUT2D eigenvalue weighted by atomic mass is 10.1. The Morgan fingerprint density at radius 1 is 1.35 bits per heavy atom. The second-order valence-electron chi connectivity index (χ2n) is 4.27. The fourth-order valence-electron chi connectivity index (χ4n) is 2.11. The van der Waals surface area contributed by atoms with Gasteiger partial charge in [0.05, 0.1) is 0 Å². The van der Waals surface area contributed by atoms with Gasteiger partial charge in [-0.2, -0.15) is 0 Å². The minimum absolute atomic E-state index is 0. The van der Waals surface area contributed by atoms with Gasteiger partial charge in [0.15, 0.2) is 10.8 Å². The van der Waals surface area contributed by atoms with Crippen molar-refractivity contribution in [2.24, 2.45) is 0 Å². The maximum atomic E-state index is 11.7. The van der Waals surface area contributed by atoms with Crippen molar-refractivity contribution in [3.63, 3.8) is 0 Å². The lowest BCUT2D eigenvalue weighted by molar-refractivity contribution is 0.0972. The van der Waals surface area contributed by atoms with Crippen LogP contribution in [0.25, 0.3) is 0 Å². The van der Waals surface area contributed by atoms with Crippen LogP contribution in [0.4, 0.5) is 0 Å². The van der Waals surface area contributed by atoms with Gasteiger partial charge in [-0.1, -0.05) is 6.42 Å². The molecule has 0 atom stereocenters. The first-order valence-electron chi connectivity index (χ1n) is 6.01. The molecule has 96 valence electrons. The Morgan fingerprint density at radius 2 is 2.12 bits per heavy atom. The molecule has 0 radical (unpaired) electrons. The second kappa shape index (κ2) is 7.95. The van der Waals surface area contributed by atoms with Gasteiger partial charge in [0.1, 0.15) is 0 Å². The van der Waals surface area contributed by atoms with Crippen molar-refractivity contribution in [3.05, 3.63) is 16.6 Å². The Morgan fingerprint density at radius 3 is 2.76 bits per heavy atom. The van der Waals surface area contributed by atoms with Gasteiger partial charge < -0.3 is 4.90 Å². The molecule has 0 aliphatic carbocycles. The summed E-state index contributed by atoms with van der Waals surface area (Å²) in [5, 5.41) is 2.52. The largest absolute Gasteiger partial charge is 0.303 e. The first kappa shape index (κ1) is 14.8. The number of hydrogen-bond acceptors (Lipinski definition) is 4. The van der Waals surface area contributed by atoms with Crippen LogP contribution in [0.15, 0.2) is 11.6 Å². The third-order valence-electron chi connectivity index (χ3n) is 3.00. The van der Waals surface area contributed by atoms with Gasteiger partial charge >= 0.3 is 0 Å². The van der Waals surface area contributed by atoms with E-state index >= 15 is 0 Å². The highest BCUT2D eigenvalue weighted by molar-refractivity contribution is 8.93. The quantitative estimate of drug-likeness (QED) is 0.782. The Bertz CT molecular complexity index is 323.